The van der Waals surface area contributed by atoms with Crippen molar-refractivity contribution in [2.75, 3.05) is 0 Å². The van der Waals surface area contributed by atoms with E-state index >= 15 is 0 Å². The number of phenols is 1. The molecule has 0 aliphatic carbocycles. The number of amides is 1. The van der Waals surface area contributed by atoms with E-state index < -0.39 is 0 Å². The molecule has 0 fully saturated rings. The maximum atomic E-state index is 11.7. The first-order valence-electron chi connectivity index (χ1n) is 5.64. The average Bonchev–Trinajstić information content (AvgIpc) is 2.44. The second kappa shape index (κ2) is 6.54. The number of nitrogens with zero attached hydrogens (tertiary/aromatic N) is 1. The van der Waals surface area contributed by atoms with E-state index in [9.17, 15) is 9.90 Å². The normalized spacial score (nSPS) is 10.7. The van der Waals surface area contributed by atoms with E-state index in [2.05, 4.69) is 26.5 Å². The molecule has 4 nitrogen and oxygen atoms in total. The largest absolute Gasteiger partial charge is 0.506 e. The molecule has 0 unspecified atom stereocenters. The van der Waals surface area contributed by atoms with Gasteiger partial charge < -0.3 is 5.11 Å². The molecule has 2 rings (SSSR count). The van der Waals surface area contributed by atoms with Crippen molar-refractivity contribution in [3.8, 4) is 5.75 Å². The van der Waals surface area contributed by atoms with E-state index in [0.717, 1.165) is 0 Å². The van der Waals surface area contributed by atoms with Gasteiger partial charge in [0.25, 0.3) is 5.91 Å². The molecule has 0 aliphatic heterocycles. The Labute approximate surface area is 129 Å². The molecule has 20 heavy (non-hydrogen) atoms. The highest BCUT2D eigenvalue weighted by molar-refractivity contribution is 9.10. The van der Waals surface area contributed by atoms with E-state index in [1.807, 2.05) is 6.07 Å². The lowest BCUT2D eigenvalue weighted by Gasteiger charge is -2.03. The molecule has 1 amide bonds. The summed E-state index contributed by atoms with van der Waals surface area (Å²) >= 11 is 9.04. The smallest absolute Gasteiger partial charge is 0.271 e. The summed E-state index contributed by atoms with van der Waals surface area (Å²) in [5, 5.41) is 14.0. The van der Waals surface area contributed by atoms with Crippen LogP contribution in [0.25, 0.3) is 0 Å². The van der Waals surface area contributed by atoms with Crippen LogP contribution in [0.5, 0.6) is 5.75 Å². The molecule has 6 heteroatoms. The standard InChI is InChI=1S/C14H10BrClN2O2/c15-12-7-11(16)6-10(13(12)19)8-17-18-14(20)9-4-2-1-3-5-9/h1-8,19H,(H,18,20)/b17-8+. The summed E-state index contributed by atoms with van der Waals surface area (Å²) in [4.78, 5) is 11.7. The molecule has 2 aromatic rings. The SMILES string of the molecule is O=C(N/N=C/c1cc(Cl)cc(Br)c1O)c1ccccc1. The minimum absolute atomic E-state index is 0.00658. The highest BCUT2D eigenvalue weighted by Crippen LogP contribution is 2.30. The fourth-order valence-electron chi connectivity index (χ4n) is 1.50. The van der Waals surface area contributed by atoms with Crippen LogP contribution in [0, 0.1) is 0 Å². The van der Waals surface area contributed by atoms with Gasteiger partial charge in [0.2, 0.25) is 0 Å². The lowest BCUT2D eigenvalue weighted by molar-refractivity contribution is 0.0955. The fraction of sp³-hybridized carbons (Fsp3) is 0. The van der Waals surface area contributed by atoms with Gasteiger partial charge in [0, 0.05) is 16.1 Å². The Morgan fingerprint density at radius 1 is 1.30 bits per heavy atom. The van der Waals surface area contributed by atoms with Crippen molar-refractivity contribution >= 4 is 39.7 Å². The third-order valence-corrected chi connectivity index (χ3v) is 3.29. The number of hydrogen-bond donors (Lipinski definition) is 2. The molecule has 0 aliphatic rings. The topological polar surface area (TPSA) is 61.7 Å². The molecule has 0 heterocycles. The van der Waals surface area contributed by atoms with E-state index in [1.54, 1.807) is 36.4 Å². The molecule has 0 saturated heterocycles. The van der Waals surface area contributed by atoms with Gasteiger partial charge in [-0.25, -0.2) is 5.43 Å². The molecule has 0 saturated carbocycles. The van der Waals surface area contributed by atoms with Crippen LogP contribution in [0.2, 0.25) is 5.02 Å². The molecule has 0 bridgehead atoms. The molecule has 0 aromatic heterocycles. The van der Waals surface area contributed by atoms with Crippen LogP contribution in [-0.2, 0) is 0 Å². The fourth-order valence-corrected chi connectivity index (χ4v) is 2.33. The summed E-state index contributed by atoms with van der Waals surface area (Å²) < 4.78 is 0.459. The average molecular weight is 354 g/mol. The van der Waals surface area contributed by atoms with Gasteiger partial charge in [-0.15, -0.1) is 0 Å². The minimum Gasteiger partial charge on any atom is -0.506 e. The maximum absolute atomic E-state index is 11.7. The zero-order valence-electron chi connectivity index (χ0n) is 10.2. The number of rotatable bonds is 3. The lowest BCUT2D eigenvalue weighted by Crippen LogP contribution is -2.17. The third-order valence-electron chi connectivity index (χ3n) is 2.46. The summed E-state index contributed by atoms with van der Waals surface area (Å²) in [5.74, 6) is -0.324. The van der Waals surface area contributed by atoms with Crippen molar-refractivity contribution in [2.45, 2.75) is 0 Å². The van der Waals surface area contributed by atoms with E-state index in [-0.39, 0.29) is 11.7 Å². The number of benzene rings is 2. The molecule has 0 atom stereocenters. The van der Waals surface area contributed by atoms with Crippen LogP contribution in [0.1, 0.15) is 15.9 Å². The first kappa shape index (κ1) is 14.6. The van der Waals surface area contributed by atoms with Crippen LogP contribution in [0.4, 0.5) is 0 Å². The Bertz CT molecular complexity index is 660. The Kier molecular flexibility index (Phi) is 4.76. The van der Waals surface area contributed by atoms with Gasteiger partial charge in [-0.05, 0) is 40.2 Å². The van der Waals surface area contributed by atoms with Crippen molar-refractivity contribution in [3.05, 3.63) is 63.1 Å². The molecule has 2 aromatic carbocycles. The Hall–Kier alpha value is -1.85. The second-order valence-electron chi connectivity index (χ2n) is 3.89. The Balaban J connectivity index is 2.10. The molecular formula is C14H10BrClN2O2. The number of aromatic hydroxyl groups is 1. The zero-order chi connectivity index (χ0) is 14.5. The van der Waals surface area contributed by atoms with Crippen LogP contribution in [0.15, 0.2) is 52.0 Å². The number of halogens is 2. The number of carbonyl (C=O) groups excluding carboxylic acids is 1. The van der Waals surface area contributed by atoms with Gasteiger partial charge in [0.1, 0.15) is 5.75 Å². The molecule has 0 radical (unpaired) electrons. The molecule has 2 N–H and O–H groups in total. The quantitative estimate of drug-likeness (QED) is 0.654. The van der Waals surface area contributed by atoms with E-state index in [0.29, 0.717) is 20.6 Å². The summed E-state index contributed by atoms with van der Waals surface area (Å²) in [5.41, 5.74) is 3.28. The van der Waals surface area contributed by atoms with E-state index in [4.69, 9.17) is 11.6 Å². The van der Waals surface area contributed by atoms with Crippen molar-refractivity contribution in [3.63, 3.8) is 0 Å². The van der Waals surface area contributed by atoms with Crippen molar-refractivity contribution < 1.29 is 9.90 Å². The number of hydrogen-bond acceptors (Lipinski definition) is 3. The second-order valence-corrected chi connectivity index (χ2v) is 5.18. The van der Waals surface area contributed by atoms with Crippen LogP contribution >= 0.6 is 27.5 Å². The van der Waals surface area contributed by atoms with Crippen LogP contribution in [0.3, 0.4) is 0 Å². The van der Waals surface area contributed by atoms with Gasteiger partial charge >= 0.3 is 0 Å². The Morgan fingerprint density at radius 3 is 2.70 bits per heavy atom. The van der Waals surface area contributed by atoms with Crippen LogP contribution < -0.4 is 5.43 Å². The first-order chi connectivity index (χ1) is 9.58. The number of nitrogens with one attached hydrogen (secondary N) is 1. The number of phenolic OH excluding ortho intramolecular Hbond substituents is 1. The molecule has 0 spiro atoms. The third kappa shape index (κ3) is 3.59. The monoisotopic (exact) mass is 352 g/mol. The minimum atomic E-state index is -0.331. The summed E-state index contributed by atoms with van der Waals surface area (Å²) in [6.45, 7) is 0. The highest BCUT2D eigenvalue weighted by atomic mass is 79.9. The maximum Gasteiger partial charge on any atom is 0.271 e. The van der Waals surface area contributed by atoms with Gasteiger partial charge in [-0.1, -0.05) is 29.8 Å². The van der Waals surface area contributed by atoms with Crippen LogP contribution in [-0.4, -0.2) is 17.2 Å². The number of hydrazone groups is 1. The Morgan fingerprint density at radius 2 is 2.00 bits per heavy atom. The van der Waals surface area contributed by atoms with Crippen molar-refractivity contribution in [1.82, 2.24) is 5.43 Å². The van der Waals surface area contributed by atoms with Crippen molar-refractivity contribution in [1.29, 1.82) is 0 Å². The first-order valence-corrected chi connectivity index (χ1v) is 6.81. The molecular weight excluding hydrogens is 344 g/mol. The van der Waals surface area contributed by atoms with Gasteiger partial charge in [-0.3, -0.25) is 4.79 Å². The van der Waals surface area contributed by atoms with Gasteiger partial charge in [0.15, 0.2) is 0 Å². The lowest BCUT2D eigenvalue weighted by atomic mass is 10.2. The predicted octanol–water partition coefficient (Wildman–Crippen LogP) is 3.57. The molecule has 102 valence electrons. The summed E-state index contributed by atoms with van der Waals surface area (Å²) in [7, 11) is 0. The highest BCUT2D eigenvalue weighted by Gasteiger charge is 2.06. The van der Waals surface area contributed by atoms with E-state index in [1.165, 1.54) is 6.21 Å². The number of carbonyl (C=O) groups is 1. The van der Waals surface area contributed by atoms with Crippen molar-refractivity contribution in [2.24, 2.45) is 5.10 Å². The zero-order valence-corrected chi connectivity index (χ0v) is 12.5. The summed E-state index contributed by atoms with van der Waals surface area (Å²) in [6.07, 6.45) is 1.33. The van der Waals surface area contributed by atoms with Gasteiger partial charge in [-0.2, -0.15) is 5.10 Å². The predicted molar refractivity (Wildman–Crippen MR) is 82.3 cm³/mol. The van der Waals surface area contributed by atoms with Gasteiger partial charge in [0.05, 0.1) is 10.7 Å². The summed E-state index contributed by atoms with van der Waals surface area (Å²) in [6, 6.07) is 11.8.